The van der Waals surface area contributed by atoms with Crippen LogP contribution in [0.25, 0.3) is 11.1 Å². The van der Waals surface area contributed by atoms with Crippen LogP contribution in [-0.4, -0.2) is 58.7 Å². The van der Waals surface area contributed by atoms with Crippen LogP contribution in [0.2, 0.25) is 0 Å². The summed E-state index contributed by atoms with van der Waals surface area (Å²) in [4.78, 5) is 21.2. The second-order valence-corrected chi connectivity index (χ2v) is 7.12. The molecular formula is C20H23FN2O9-2. The van der Waals surface area contributed by atoms with Gasteiger partial charge in [0.05, 0.1) is 31.2 Å². The second-order valence-electron chi connectivity index (χ2n) is 7.12. The van der Waals surface area contributed by atoms with Crippen LogP contribution in [-0.2, 0) is 19.2 Å². The molecule has 0 spiro atoms. The first kappa shape index (κ1) is 25.7. The third-order valence-corrected chi connectivity index (χ3v) is 4.75. The van der Waals surface area contributed by atoms with Crippen LogP contribution >= 0.6 is 0 Å². The molecule has 0 aliphatic carbocycles. The van der Waals surface area contributed by atoms with E-state index in [0.717, 1.165) is 0 Å². The lowest BCUT2D eigenvalue weighted by atomic mass is 9.92. The minimum absolute atomic E-state index is 0.330. The molecule has 0 aliphatic rings. The fourth-order valence-electron chi connectivity index (χ4n) is 2.78. The minimum Gasteiger partial charge on any atom is -0.738 e. The molecule has 11 nitrogen and oxygen atoms in total. The van der Waals surface area contributed by atoms with Gasteiger partial charge in [0, 0.05) is 5.56 Å². The molecule has 176 valence electrons. The van der Waals surface area contributed by atoms with Gasteiger partial charge in [-0.15, -0.1) is 10.8 Å². The molecule has 0 saturated carbocycles. The third-order valence-electron chi connectivity index (χ3n) is 4.75. The number of ether oxygens (including phenoxy) is 1. The van der Waals surface area contributed by atoms with E-state index < -0.39 is 60.3 Å². The number of rotatable bonds is 12. The maximum Gasteiger partial charge on any atom is 0.313 e. The Kier molecular flexibility index (Phi) is 9.59. The first-order valence-corrected chi connectivity index (χ1v) is 9.38. The highest BCUT2D eigenvalue weighted by molar-refractivity contribution is 5.78. The van der Waals surface area contributed by atoms with Crippen molar-refractivity contribution >= 4 is 5.97 Å². The van der Waals surface area contributed by atoms with Crippen molar-refractivity contribution in [2.75, 3.05) is 26.4 Å². The Morgan fingerprint density at radius 2 is 1.66 bits per heavy atom. The molecule has 2 aromatic carbocycles. The van der Waals surface area contributed by atoms with Gasteiger partial charge in [-0.1, -0.05) is 42.5 Å². The summed E-state index contributed by atoms with van der Waals surface area (Å²) in [6, 6.07) is 13.2. The van der Waals surface area contributed by atoms with Gasteiger partial charge in [-0.3, -0.25) is 14.5 Å². The Hall–Kier alpha value is -2.52. The quantitative estimate of drug-likeness (QED) is 0.319. The zero-order valence-electron chi connectivity index (χ0n) is 17.1. The van der Waals surface area contributed by atoms with E-state index in [4.69, 9.17) is 15.2 Å². The Balaban J connectivity index is 2.09. The topological polar surface area (TPSA) is 158 Å². The number of hydrogen-bond acceptors (Lipinski definition) is 11. The number of nitrogens with zero attached hydrogens (tertiary/aromatic N) is 2. The Bertz CT molecular complexity index is 855. The molecule has 0 bridgehead atoms. The van der Waals surface area contributed by atoms with Gasteiger partial charge < -0.3 is 30.7 Å². The van der Waals surface area contributed by atoms with Crippen molar-refractivity contribution in [1.29, 1.82) is 0 Å². The lowest BCUT2D eigenvalue weighted by Gasteiger charge is -2.34. The van der Waals surface area contributed by atoms with Gasteiger partial charge in [-0.2, -0.15) is 0 Å². The third kappa shape index (κ3) is 7.27. The van der Waals surface area contributed by atoms with E-state index in [1.165, 1.54) is 19.1 Å². The summed E-state index contributed by atoms with van der Waals surface area (Å²) in [5.41, 5.74) is -0.307. The normalized spacial score (nSPS) is 12.9. The van der Waals surface area contributed by atoms with Crippen molar-refractivity contribution in [2.45, 2.75) is 12.8 Å². The highest BCUT2D eigenvalue weighted by atomic mass is 19.1. The summed E-state index contributed by atoms with van der Waals surface area (Å²) in [6.45, 7) is -1.39. The van der Waals surface area contributed by atoms with Crippen molar-refractivity contribution in [3.63, 3.8) is 0 Å². The van der Waals surface area contributed by atoms with Crippen molar-refractivity contribution < 1.29 is 39.1 Å². The monoisotopic (exact) mass is 454 g/mol. The van der Waals surface area contributed by atoms with Gasteiger partial charge in [-0.25, -0.2) is 4.39 Å². The van der Waals surface area contributed by atoms with Crippen LogP contribution in [0.3, 0.4) is 0 Å². The van der Waals surface area contributed by atoms with Crippen molar-refractivity contribution in [2.24, 2.45) is 5.41 Å². The summed E-state index contributed by atoms with van der Waals surface area (Å²) in [5, 5.41) is 46.3. The average Bonchev–Trinajstić information content (AvgIpc) is 2.78. The SMILES string of the molecule is CC(C(=O)OCC(CO)(CON([O-])O)CON([O-])O)c1ccc(-c2ccccc2)c(F)c1. The number of carbonyl (C=O) groups excluding carboxylic acids is 1. The lowest BCUT2D eigenvalue weighted by molar-refractivity contribution is -0.345. The number of benzene rings is 2. The molecule has 0 radical (unpaired) electrons. The molecule has 2 rings (SSSR count). The van der Waals surface area contributed by atoms with Crippen molar-refractivity contribution in [1.82, 2.24) is 10.8 Å². The highest BCUT2D eigenvalue weighted by Crippen LogP contribution is 2.27. The Labute approximate surface area is 182 Å². The maximum atomic E-state index is 14.6. The van der Waals surface area contributed by atoms with Gasteiger partial charge in [0.15, 0.2) is 0 Å². The van der Waals surface area contributed by atoms with Gasteiger partial charge in [-0.05, 0) is 24.1 Å². The average molecular weight is 454 g/mol. The number of aliphatic hydroxyl groups is 1. The molecule has 2 aromatic rings. The van der Waals surface area contributed by atoms with Crippen LogP contribution in [0.15, 0.2) is 48.5 Å². The van der Waals surface area contributed by atoms with E-state index in [1.54, 1.807) is 36.4 Å². The van der Waals surface area contributed by atoms with E-state index in [0.29, 0.717) is 16.7 Å². The number of halogens is 1. The molecule has 0 amide bonds. The molecule has 0 fully saturated rings. The zero-order valence-corrected chi connectivity index (χ0v) is 17.1. The minimum atomic E-state index is -1.67. The molecule has 3 N–H and O–H groups in total. The molecular weight excluding hydrogens is 431 g/mol. The van der Waals surface area contributed by atoms with Crippen LogP contribution in [0.1, 0.15) is 18.4 Å². The smallest absolute Gasteiger partial charge is 0.313 e. The Morgan fingerprint density at radius 1 is 1.06 bits per heavy atom. The number of esters is 1. The number of aliphatic hydroxyl groups excluding tert-OH is 1. The standard InChI is InChI=1S/C20H23FN2O9/c1-14(16-7-8-17(18(21)9-16)15-5-3-2-4-6-15)19(25)30-11-20(10-24,12-31-22(26)27)13-32-23(28)29/h2-9,14,24,26,28H,10-13H2,1H3/q-2. The molecule has 1 atom stereocenters. The lowest BCUT2D eigenvalue weighted by Crippen LogP contribution is -2.44. The molecule has 0 heterocycles. The fourth-order valence-corrected chi connectivity index (χ4v) is 2.78. The number of hydrogen-bond donors (Lipinski definition) is 3. The van der Waals surface area contributed by atoms with E-state index in [-0.39, 0.29) is 0 Å². The van der Waals surface area contributed by atoms with E-state index in [9.17, 15) is 24.7 Å². The van der Waals surface area contributed by atoms with Crippen molar-refractivity contribution in [3.05, 3.63) is 70.3 Å². The van der Waals surface area contributed by atoms with Crippen molar-refractivity contribution in [3.8, 4) is 11.1 Å². The summed E-state index contributed by atoms with van der Waals surface area (Å²) < 4.78 is 19.8. The van der Waals surface area contributed by atoms with Crippen LogP contribution in [0.4, 0.5) is 4.39 Å². The summed E-state index contributed by atoms with van der Waals surface area (Å²) in [7, 11) is 0. The summed E-state index contributed by atoms with van der Waals surface area (Å²) >= 11 is 0. The van der Waals surface area contributed by atoms with Crippen LogP contribution in [0, 0.1) is 21.6 Å². The predicted octanol–water partition coefficient (Wildman–Crippen LogP) is 2.36. The van der Waals surface area contributed by atoms with Gasteiger partial charge in [0.1, 0.15) is 12.4 Å². The number of carbonyl (C=O) groups is 1. The largest absolute Gasteiger partial charge is 0.738 e. The highest BCUT2D eigenvalue weighted by Gasteiger charge is 2.34. The van der Waals surface area contributed by atoms with Gasteiger partial charge >= 0.3 is 5.97 Å². The Morgan fingerprint density at radius 3 is 2.16 bits per heavy atom. The van der Waals surface area contributed by atoms with Gasteiger partial charge in [0.2, 0.25) is 0 Å². The predicted molar refractivity (Wildman–Crippen MR) is 107 cm³/mol. The zero-order chi connectivity index (χ0) is 23.7. The molecule has 0 aliphatic heterocycles. The molecule has 12 heteroatoms. The van der Waals surface area contributed by atoms with Gasteiger partial charge in [0.25, 0.3) is 0 Å². The van der Waals surface area contributed by atoms with E-state index in [1.807, 2.05) is 0 Å². The summed E-state index contributed by atoms with van der Waals surface area (Å²) in [6.07, 6.45) is 0. The molecule has 0 saturated heterocycles. The van der Waals surface area contributed by atoms with E-state index >= 15 is 0 Å². The van der Waals surface area contributed by atoms with Crippen LogP contribution < -0.4 is 0 Å². The molecule has 0 aromatic heterocycles. The molecule has 1 unspecified atom stereocenters. The molecule has 32 heavy (non-hydrogen) atoms. The first-order chi connectivity index (χ1) is 15.2. The van der Waals surface area contributed by atoms with E-state index in [2.05, 4.69) is 9.68 Å². The second kappa shape index (κ2) is 11.9. The summed E-state index contributed by atoms with van der Waals surface area (Å²) in [5.74, 6) is -2.24. The first-order valence-electron chi connectivity index (χ1n) is 9.38. The maximum absolute atomic E-state index is 14.6. The fraction of sp³-hybridized carbons (Fsp3) is 0.350. The van der Waals surface area contributed by atoms with Crippen LogP contribution in [0.5, 0.6) is 0 Å².